The van der Waals surface area contributed by atoms with Crippen molar-refractivity contribution in [3.05, 3.63) is 29.3 Å². The SMILES string of the molecule is CC(=O)c1ccc(C(O)C(O)CCCl)c(N)c1. The average molecular weight is 258 g/mol. The Morgan fingerprint density at radius 3 is 2.59 bits per heavy atom. The molecular weight excluding hydrogens is 242 g/mol. The molecule has 17 heavy (non-hydrogen) atoms. The number of alkyl halides is 1. The number of carbonyl (C=O) groups is 1. The molecule has 0 saturated carbocycles. The molecule has 2 atom stereocenters. The molecule has 1 aromatic rings. The van der Waals surface area contributed by atoms with Gasteiger partial charge in [-0.05, 0) is 19.4 Å². The lowest BCUT2D eigenvalue weighted by molar-refractivity contribution is 0.0174. The molecule has 0 aromatic heterocycles. The van der Waals surface area contributed by atoms with Gasteiger partial charge in [-0.15, -0.1) is 11.6 Å². The zero-order valence-electron chi connectivity index (χ0n) is 9.56. The Bertz CT molecular complexity index is 409. The van der Waals surface area contributed by atoms with Crippen LogP contribution in [0.2, 0.25) is 0 Å². The summed E-state index contributed by atoms with van der Waals surface area (Å²) in [4.78, 5) is 11.1. The Kier molecular flexibility index (Phi) is 4.93. The van der Waals surface area contributed by atoms with Crippen molar-refractivity contribution in [3.8, 4) is 0 Å². The number of halogens is 1. The van der Waals surface area contributed by atoms with Crippen molar-refractivity contribution in [2.75, 3.05) is 11.6 Å². The van der Waals surface area contributed by atoms with Crippen LogP contribution in [-0.2, 0) is 0 Å². The third kappa shape index (κ3) is 3.43. The van der Waals surface area contributed by atoms with E-state index in [4.69, 9.17) is 17.3 Å². The van der Waals surface area contributed by atoms with E-state index in [9.17, 15) is 15.0 Å². The van der Waals surface area contributed by atoms with Gasteiger partial charge >= 0.3 is 0 Å². The van der Waals surface area contributed by atoms with Gasteiger partial charge in [0.2, 0.25) is 0 Å². The summed E-state index contributed by atoms with van der Waals surface area (Å²) in [5, 5.41) is 19.5. The summed E-state index contributed by atoms with van der Waals surface area (Å²) in [6, 6.07) is 4.62. The lowest BCUT2D eigenvalue weighted by Crippen LogP contribution is -2.20. The van der Waals surface area contributed by atoms with E-state index < -0.39 is 12.2 Å². The van der Waals surface area contributed by atoms with Crippen molar-refractivity contribution in [3.63, 3.8) is 0 Å². The van der Waals surface area contributed by atoms with Crippen molar-refractivity contribution in [1.82, 2.24) is 0 Å². The molecule has 0 aliphatic heterocycles. The van der Waals surface area contributed by atoms with Gasteiger partial charge in [-0.25, -0.2) is 0 Å². The molecule has 5 heteroatoms. The molecule has 0 heterocycles. The molecule has 0 aliphatic rings. The van der Waals surface area contributed by atoms with Gasteiger partial charge in [0.1, 0.15) is 6.10 Å². The second-order valence-electron chi connectivity index (χ2n) is 3.89. The van der Waals surface area contributed by atoms with Gasteiger partial charge in [0.05, 0.1) is 6.10 Å². The van der Waals surface area contributed by atoms with Gasteiger partial charge in [0.25, 0.3) is 0 Å². The maximum atomic E-state index is 11.1. The number of nitrogen functional groups attached to an aromatic ring is 1. The second kappa shape index (κ2) is 6.00. The molecule has 0 bridgehead atoms. The monoisotopic (exact) mass is 257 g/mol. The number of aliphatic hydroxyl groups is 2. The lowest BCUT2D eigenvalue weighted by Gasteiger charge is -2.19. The Hall–Kier alpha value is -1.10. The highest BCUT2D eigenvalue weighted by Gasteiger charge is 2.20. The summed E-state index contributed by atoms with van der Waals surface area (Å²) in [6.07, 6.45) is -1.77. The molecule has 0 spiro atoms. The number of hydrogen-bond acceptors (Lipinski definition) is 4. The molecule has 1 aromatic carbocycles. The van der Waals surface area contributed by atoms with Gasteiger partial charge < -0.3 is 15.9 Å². The first kappa shape index (κ1) is 14.0. The first-order valence-electron chi connectivity index (χ1n) is 5.29. The minimum atomic E-state index is -1.09. The molecular formula is C12H16ClNO3. The van der Waals surface area contributed by atoms with E-state index in [2.05, 4.69) is 0 Å². The summed E-state index contributed by atoms with van der Waals surface area (Å²) in [6.45, 7) is 1.44. The lowest BCUT2D eigenvalue weighted by atomic mass is 9.98. The molecule has 0 fully saturated rings. The quantitative estimate of drug-likeness (QED) is 0.424. The normalized spacial score (nSPS) is 14.4. The Balaban J connectivity index is 2.95. The van der Waals surface area contributed by atoms with Crippen LogP contribution in [0.25, 0.3) is 0 Å². The summed E-state index contributed by atoms with van der Waals surface area (Å²) in [5.74, 6) is 0.156. The predicted octanol–water partition coefficient (Wildman–Crippen LogP) is 1.49. The minimum Gasteiger partial charge on any atom is -0.398 e. The second-order valence-corrected chi connectivity index (χ2v) is 4.27. The molecule has 0 radical (unpaired) electrons. The molecule has 0 saturated heterocycles. The first-order valence-corrected chi connectivity index (χ1v) is 5.83. The molecule has 94 valence electrons. The fourth-order valence-corrected chi connectivity index (χ4v) is 1.76. The molecule has 4 N–H and O–H groups in total. The number of rotatable bonds is 5. The number of hydrogen-bond donors (Lipinski definition) is 3. The molecule has 4 nitrogen and oxygen atoms in total. The van der Waals surface area contributed by atoms with Crippen LogP contribution >= 0.6 is 11.6 Å². The first-order chi connectivity index (χ1) is 7.97. The van der Waals surface area contributed by atoms with Crippen molar-refractivity contribution in [2.24, 2.45) is 0 Å². The number of nitrogens with two attached hydrogens (primary N) is 1. The molecule has 0 amide bonds. The predicted molar refractivity (Wildman–Crippen MR) is 67.2 cm³/mol. The third-order valence-corrected chi connectivity index (χ3v) is 2.80. The van der Waals surface area contributed by atoms with Crippen molar-refractivity contribution in [2.45, 2.75) is 25.6 Å². The number of aliphatic hydroxyl groups excluding tert-OH is 2. The minimum absolute atomic E-state index is 0.0981. The summed E-state index contributed by atoms with van der Waals surface area (Å²) in [5.41, 5.74) is 6.92. The van der Waals surface area contributed by atoms with Gasteiger partial charge in [0.15, 0.2) is 5.78 Å². The van der Waals surface area contributed by atoms with Crippen LogP contribution < -0.4 is 5.73 Å². The fourth-order valence-electron chi connectivity index (χ4n) is 1.54. The van der Waals surface area contributed by atoms with Crippen LogP contribution in [0.1, 0.15) is 35.4 Å². The van der Waals surface area contributed by atoms with Gasteiger partial charge in [-0.1, -0.05) is 12.1 Å². The van der Waals surface area contributed by atoms with Crippen molar-refractivity contribution < 1.29 is 15.0 Å². The zero-order valence-corrected chi connectivity index (χ0v) is 10.3. The Morgan fingerprint density at radius 1 is 1.47 bits per heavy atom. The van der Waals surface area contributed by atoms with E-state index in [-0.39, 0.29) is 18.1 Å². The highest BCUT2D eigenvalue weighted by atomic mass is 35.5. The smallest absolute Gasteiger partial charge is 0.159 e. The van der Waals surface area contributed by atoms with Crippen LogP contribution in [0, 0.1) is 0 Å². The zero-order chi connectivity index (χ0) is 13.0. The van der Waals surface area contributed by atoms with Crippen molar-refractivity contribution >= 4 is 23.1 Å². The van der Waals surface area contributed by atoms with E-state index in [1.54, 1.807) is 12.1 Å². The Labute approximate surface area is 105 Å². The number of anilines is 1. The Morgan fingerprint density at radius 2 is 2.12 bits per heavy atom. The maximum Gasteiger partial charge on any atom is 0.159 e. The number of benzene rings is 1. The number of Topliss-reactive ketones (excluding diaryl/α,β-unsaturated/α-hetero) is 1. The van der Waals surface area contributed by atoms with Crippen molar-refractivity contribution in [1.29, 1.82) is 0 Å². The highest BCUT2D eigenvalue weighted by Crippen LogP contribution is 2.25. The fraction of sp³-hybridized carbons (Fsp3) is 0.417. The van der Waals surface area contributed by atoms with Crippen LogP contribution in [0.4, 0.5) is 5.69 Å². The summed E-state index contributed by atoms with van der Waals surface area (Å²) < 4.78 is 0. The van der Waals surface area contributed by atoms with Crippen LogP contribution in [0.3, 0.4) is 0 Å². The highest BCUT2D eigenvalue weighted by molar-refractivity contribution is 6.17. The van der Waals surface area contributed by atoms with Gasteiger partial charge in [0, 0.05) is 22.7 Å². The van der Waals surface area contributed by atoms with Crippen LogP contribution in [0.5, 0.6) is 0 Å². The third-order valence-electron chi connectivity index (χ3n) is 2.58. The van der Waals surface area contributed by atoms with Gasteiger partial charge in [-0.2, -0.15) is 0 Å². The molecule has 2 unspecified atom stereocenters. The van der Waals surface area contributed by atoms with E-state index in [1.165, 1.54) is 13.0 Å². The largest absolute Gasteiger partial charge is 0.398 e. The van der Waals surface area contributed by atoms with Crippen LogP contribution in [-0.4, -0.2) is 28.0 Å². The maximum absolute atomic E-state index is 11.1. The number of carbonyl (C=O) groups excluding carboxylic acids is 1. The number of ketones is 1. The van der Waals surface area contributed by atoms with Crippen LogP contribution in [0.15, 0.2) is 18.2 Å². The summed E-state index contributed by atoms with van der Waals surface area (Å²) >= 11 is 5.49. The standard InChI is InChI=1S/C12H16ClNO3/c1-7(15)8-2-3-9(10(14)6-8)12(17)11(16)4-5-13/h2-3,6,11-12,16-17H,4-5,14H2,1H3. The topological polar surface area (TPSA) is 83.5 Å². The molecule has 0 aliphatic carbocycles. The van der Waals surface area contributed by atoms with E-state index in [0.29, 0.717) is 16.8 Å². The van der Waals surface area contributed by atoms with Gasteiger partial charge in [-0.3, -0.25) is 4.79 Å². The summed E-state index contributed by atoms with van der Waals surface area (Å²) in [7, 11) is 0. The average Bonchev–Trinajstić information content (AvgIpc) is 2.28. The molecule has 1 rings (SSSR count). The van der Waals surface area contributed by atoms with E-state index >= 15 is 0 Å². The van der Waals surface area contributed by atoms with E-state index in [0.717, 1.165) is 0 Å². The van der Waals surface area contributed by atoms with E-state index in [1.807, 2.05) is 0 Å².